The lowest BCUT2D eigenvalue weighted by Crippen LogP contribution is -2.47. The molecule has 0 spiro atoms. The number of aromatic nitrogens is 4. The standard InChI is InChI=1S/C19H29N7O/c1-22-7-10-25(11-8-22)19(27)4-3-16-13-17-14-24(9-12-26(17)21-16)15-18-20-5-6-23(18)2/h5-6,13H,3-4,7-12,14-15H2,1-2H3. The topological polar surface area (TPSA) is 62.4 Å². The first kappa shape index (κ1) is 18.2. The Morgan fingerprint density at radius 3 is 2.67 bits per heavy atom. The van der Waals surface area contributed by atoms with Crippen molar-refractivity contribution >= 4 is 5.91 Å². The fourth-order valence-electron chi connectivity index (χ4n) is 3.84. The molecule has 4 rings (SSSR count). The molecule has 0 unspecified atom stereocenters. The van der Waals surface area contributed by atoms with Gasteiger partial charge in [-0.3, -0.25) is 14.4 Å². The monoisotopic (exact) mass is 371 g/mol. The molecule has 8 heteroatoms. The van der Waals surface area contributed by atoms with Crippen molar-refractivity contribution < 1.29 is 4.79 Å². The smallest absolute Gasteiger partial charge is 0.223 e. The summed E-state index contributed by atoms with van der Waals surface area (Å²) in [6.07, 6.45) is 5.11. The van der Waals surface area contributed by atoms with Crippen LogP contribution in [0.2, 0.25) is 0 Å². The van der Waals surface area contributed by atoms with Crippen LogP contribution in [0.5, 0.6) is 0 Å². The molecule has 0 bridgehead atoms. The number of likely N-dealkylation sites (N-methyl/N-ethyl adjacent to an activating group) is 1. The van der Waals surface area contributed by atoms with Gasteiger partial charge in [-0.25, -0.2) is 4.98 Å². The molecule has 2 aromatic rings. The fraction of sp³-hybridized carbons (Fsp3) is 0.632. The molecule has 2 aliphatic heterocycles. The SMILES string of the molecule is CN1CCN(C(=O)CCc2cc3n(n2)CCN(Cc2nccn2C)C3)CC1. The Morgan fingerprint density at radius 1 is 1.11 bits per heavy atom. The normalized spacial score (nSPS) is 18.7. The summed E-state index contributed by atoms with van der Waals surface area (Å²) < 4.78 is 4.17. The Bertz CT molecular complexity index is 788. The van der Waals surface area contributed by atoms with Crippen LogP contribution in [-0.2, 0) is 37.9 Å². The molecule has 0 N–H and O–H groups in total. The molecule has 0 aliphatic carbocycles. The Balaban J connectivity index is 1.30. The largest absolute Gasteiger partial charge is 0.340 e. The van der Waals surface area contributed by atoms with Crippen molar-refractivity contribution in [1.29, 1.82) is 0 Å². The summed E-state index contributed by atoms with van der Waals surface area (Å²) >= 11 is 0. The van der Waals surface area contributed by atoms with E-state index in [-0.39, 0.29) is 5.91 Å². The molecule has 2 aliphatic rings. The van der Waals surface area contributed by atoms with Gasteiger partial charge in [-0.1, -0.05) is 0 Å². The predicted octanol–water partition coefficient (Wildman–Crippen LogP) is 0.339. The summed E-state index contributed by atoms with van der Waals surface area (Å²) in [7, 11) is 4.14. The second-order valence-corrected chi connectivity index (χ2v) is 7.70. The summed E-state index contributed by atoms with van der Waals surface area (Å²) in [5.74, 6) is 1.34. The number of nitrogens with zero attached hydrogens (tertiary/aromatic N) is 7. The summed E-state index contributed by atoms with van der Waals surface area (Å²) in [5.41, 5.74) is 2.27. The zero-order chi connectivity index (χ0) is 18.8. The van der Waals surface area contributed by atoms with E-state index in [0.29, 0.717) is 6.42 Å². The molecule has 0 radical (unpaired) electrons. The van der Waals surface area contributed by atoms with Gasteiger partial charge in [0.25, 0.3) is 0 Å². The van der Waals surface area contributed by atoms with Gasteiger partial charge >= 0.3 is 0 Å². The molecule has 4 heterocycles. The number of carbonyl (C=O) groups excluding carboxylic acids is 1. The molecule has 146 valence electrons. The minimum atomic E-state index is 0.255. The molecule has 0 atom stereocenters. The van der Waals surface area contributed by atoms with Crippen LogP contribution in [-0.4, -0.2) is 79.7 Å². The number of imidazole rings is 1. The van der Waals surface area contributed by atoms with E-state index in [9.17, 15) is 4.79 Å². The molecule has 0 saturated carbocycles. The number of hydrogen-bond acceptors (Lipinski definition) is 5. The fourth-order valence-corrected chi connectivity index (χ4v) is 3.84. The Kier molecular flexibility index (Phi) is 5.27. The molecular weight excluding hydrogens is 342 g/mol. The Hall–Kier alpha value is -2.19. The average molecular weight is 371 g/mol. The number of rotatable bonds is 5. The van der Waals surface area contributed by atoms with Crippen LogP contribution in [0.3, 0.4) is 0 Å². The average Bonchev–Trinajstić information content (AvgIpc) is 3.26. The highest BCUT2D eigenvalue weighted by atomic mass is 16.2. The summed E-state index contributed by atoms with van der Waals surface area (Å²) in [5, 5.41) is 4.72. The van der Waals surface area contributed by atoms with Crippen LogP contribution >= 0.6 is 0 Å². The zero-order valence-electron chi connectivity index (χ0n) is 16.3. The number of piperazine rings is 1. The number of fused-ring (bicyclic) bond motifs is 1. The van der Waals surface area contributed by atoms with Crippen molar-refractivity contribution in [3.63, 3.8) is 0 Å². The van der Waals surface area contributed by atoms with Gasteiger partial charge in [0.15, 0.2) is 0 Å². The van der Waals surface area contributed by atoms with Crippen LogP contribution in [0, 0.1) is 0 Å². The van der Waals surface area contributed by atoms with E-state index in [2.05, 4.69) is 37.1 Å². The minimum Gasteiger partial charge on any atom is -0.340 e. The summed E-state index contributed by atoms with van der Waals surface area (Å²) in [6, 6.07) is 2.17. The maximum atomic E-state index is 12.4. The first-order valence-corrected chi connectivity index (χ1v) is 9.79. The van der Waals surface area contributed by atoms with Crippen LogP contribution < -0.4 is 0 Å². The summed E-state index contributed by atoms with van der Waals surface area (Å²) in [6.45, 7) is 7.23. The van der Waals surface area contributed by atoms with Gasteiger partial charge in [0.1, 0.15) is 5.82 Å². The van der Waals surface area contributed by atoms with Crippen molar-refractivity contribution in [2.75, 3.05) is 39.8 Å². The Labute approximate surface area is 160 Å². The van der Waals surface area contributed by atoms with Crippen LogP contribution in [0.4, 0.5) is 0 Å². The van der Waals surface area contributed by atoms with Crippen LogP contribution in [0.25, 0.3) is 0 Å². The van der Waals surface area contributed by atoms with E-state index >= 15 is 0 Å². The zero-order valence-corrected chi connectivity index (χ0v) is 16.3. The van der Waals surface area contributed by atoms with Gasteiger partial charge in [0, 0.05) is 71.6 Å². The molecule has 8 nitrogen and oxygen atoms in total. The lowest BCUT2D eigenvalue weighted by molar-refractivity contribution is -0.132. The van der Waals surface area contributed by atoms with Gasteiger partial charge in [-0.15, -0.1) is 0 Å². The third-order valence-electron chi connectivity index (χ3n) is 5.66. The molecule has 1 saturated heterocycles. The number of hydrogen-bond donors (Lipinski definition) is 0. The molecule has 1 fully saturated rings. The van der Waals surface area contributed by atoms with Gasteiger partial charge in [0.05, 0.1) is 24.5 Å². The highest BCUT2D eigenvalue weighted by Gasteiger charge is 2.22. The van der Waals surface area contributed by atoms with E-state index in [1.54, 1.807) is 0 Å². The molecule has 2 aromatic heterocycles. The second kappa shape index (κ2) is 7.82. The van der Waals surface area contributed by atoms with Crippen LogP contribution in [0.15, 0.2) is 18.5 Å². The lowest BCUT2D eigenvalue weighted by atomic mass is 10.2. The molecular formula is C19H29N7O. The van der Waals surface area contributed by atoms with E-state index in [0.717, 1.165) is 70.3 Å². The maximum absolute atomic E-state index is 12.4. The Morgan fingerprint density at radius 2 is 1.93 bits per heavy atom. The number of aryl methyl sites for hydroxylation is 2. The number of amides is 1. The first-order chi connectivity index (χ1) is 13.1. The number of carbonyl (C=O) groups is 1. The van der Waals surface area contributed by atoms with E-state index in [4.69, 9.17) is 5.10 Å². The first-order valence-electron chi connectivity index (χ1n) is 9.79. The second-order valence-electron chi connectivity index (χ2n) is 7.70. The lowest BCUT2D eigenvalue weighted by Gasteiger charge is -2.32. The highest BCUT2D eigenvalue weighted by Crippen LogP contribution is 2.17. The van der Waals surface area contributed by atoms with E-state index in [1.807, 2.05) is 24.3 Å². The molecule has 1 amide bonds. The van der Waals surface area contributed by atoms with Crippen molar-refractivity contribution in [1.82, 2.24) is 34.0 Å². The van der Waals surface area contributed by atoms with Crippen molar-refractivity contribution in [2.45, 2.75) is 32.5 Å². The highest BCUT2D eigenvalue weighted by molar-refractivity contribution is 5.76. The van der Waals surface area contributed by atoms with E-state index in [1.165, 1.54) is 5.69 Å². The summed E-state index contributed by atoms with van der Waals surface area (Å²) in [4.78, 5) is 23.5. The minimum absolute atomic E-state index is 0.255. The van der Waals surface area contributed by atoms with Crippen molar-refractivity contribution in [3.05, 3.63) is 35.7 Å². The van der Waals surface area contributed by atoms with Crippen molar-refractivity contribution in [2.24, 2.45) is 7.05 Å². The van der Waals surface area contributed by atoms with Gasteiger partial charge in [-0.05, 0) is 13.1 Å². The van der Waals surface area contributed by atoms with Crippen LogP contribution in [0.1, 0.15) is 23.6 Å². The van der Waals surface area contributed by atoms with Gasteiger partial charge in [0.2, 0.25) is 5.91 Å². The predicted molar refractivity (Wildman–Crippen MR) is 102 cm³/mol. The van der Waals surface area contributed by atoms with E-state index < -0.39 is 0 Å². The third-order valence-corrected chi connectivity index (χ3v) is 5.66. The maximum Gasteiger partial charge on any atom is 0.223 e. The molecule has 0 aromatic carbocycles. The molecule has 27 heavy (non-hydrogen) atoms. The van der Waals surface area contributed by atoms with Crippen molar-refractivity contribution in [3.8, 4) is 0 Å². The quantitative estimate of drug-likeness (QED) is 0.758. The van der Waals surface area contributed by atoms with Gasteiger partial charge < -0.3 is 14.4 Å². The third kappa shape index (κ3) is 4.22. The van der Waals surface area contributed by atoms with Gasteiger partial charge in [-0.2, -0.15) is 5.10 Å².